The second-order valence-corrected chi connectivity index (χ2v) is 6.84. The van der Waals surface area contributed by atoms with E-state index < -0.39 is 0 Å². The molecule has 4 nitrogen and oxygen atoms in total. The maximum atomic E-state index is 12.3. The van der Waals surface area contributed by atoms with Crippen LogP contribution < -0.4 is 10.6 Å². The molecule has 0 radical (unpaired) electrons. The number of piperidine rings is 1. The lowest BCUT2D eigenvalue weighted by atomic mass is 9.74. The fourth-order valence-corrected chi connectivity index (χ4v) is 2.58. The van der Waals surface area contributed by atoms with Crippen molar-refractivity contribution in [3.63, 3.8) is 0 Å². The summed E-state index contributed by atoms with van der Waals surface area (Å²) in [5.74, 6) is 1.19. The van der Waals surface area contributed by atoms with Crippen molar-refractivity contribution in [1.29, 1.82) is 0 Å². The number of nitrogens with one attached hydrogen (secondary N) is 2. The fourth-order valence-electron chi connectivity index (χ4n) is 2.58. The van der Waals surface area contributed by atoms with E-state index in [-0.39, 0.29) is 11.3 Å². The first-order valence-electron chi connectivity index (χ1n) is 8.01. The van der Waals surface area contributed by atoms with Crippen LogP contribution in [0.15, 0.2) is 0 Å². The molecule has 1 saturated heterocycles. The highest BCUT2D eigenvalue weighted by Gasteiger charge is 2.36. The van der Waals surface area contributed by atoms with E-state index in [2.05, 4.69) is 38.3 Å². The van der Waals surface area contributed by atoms with Gasteiger partial charge in [0.25, 0.3) is 0 Å². The SMILES string of the molecule is CC(C)COCCCNC(=O)C(C)(C)C1CCCNC1. The molecule has 1 atom stereocenters. The quantitative estimate of drug-likeness (QED) is 0.672. The maximum Gasteiger partial charge on any atom is 0.225 e. The largest absolute Gasteiger partial charge is 0.381 e. The van der Waals surface area contributed by atoms with Crippen LogP contribution in [0.4, 0.5) is 0 Å². The first kappa shape index (κ1) is 17.4. The van der Waals surface area contributed by atoms with Crippen molar-refractivity contribution in [1.82, 2.24) is 10.6 Å². The molecule has 1 fully saturated rings. The Labute approximate surface area is 124 Å². The van der Waals surface area contributed by atoms with Gasteiger partial charge in [-0.15, -0.1) is 0 Å². The van der Waals surface area contributed by atoms with Crippen molar-refractivity contribution in [2.24, 2.45) is 17.3 Å². The summed E-state index contributed by atoms with van der Waals surface area (Å²) in [7, 11) is 0. The lowest BCUT2D eigenvalue weighted by molar-refractivity contribution is -0.132. The summed E-state index contributed by atoms with van der Waals surface area (Å²) in [5.41, 5.74) is -0.286. The van der Waals surface area contributed by atoms with E-state index >= 15 is 0 Å². The minimum atomic E-state index is -0.286. The zero-order chi connectivity index (χ0) is 15.0. The highest BCUT2D eigenvalue weighted by Crippen LogP contribution is 2.31. The Morgan fingerprint density at radius 2 is 2.20 bits per heavy atom. The van der Waals surface area contributed by atoms with Crippen molar-refractivity contribution >= 4 is 5.91 Å². The predicted molar refractivity (Wildman–Crippen MR) is 82.7 cm³/mol. The topological polar surface area (TPSA) is 50.4 Å². The Hall–Kier alpha value is -0.610. The van der Waals surface area contributed by atoms with E-state index in [1.807, 2.05) is 0 Å². The molecule has 1 aliphatic heterocycles. The minimum Gasteiger partial charge on any atom is -0.381 e. The lowest BCUT2D eigenvalue weighted by Crippen LogP contribution is -2.47. The second-order valence-electron chi connectivity index (χ2n) is 6.84. The molecule has 1 rings (SSSR count). The van der Waals surface area contributed by atoms with Crippen LogP contribution in [-0.4, -0.2) is 38.8 Å². The summed E-state index contributed by atoms with van der Waals surface area (Å²) in [6, 6.07) is 0. The van der Waals surface area contributed by atoms with E-state index in [0.717, 1.165) is 39.1 Å². The predicted octanol–water partition coefficient (Wildman–Crippen LogP) is 2.19. The van der Waals surface area contributed by atoms with Crippen LogP contribution in [0.5, 0.6) is 0 Å². The van der Waals surface area contributed by atoms with Gasteiger partial charge in [-0.1, -0.05) is 27.7 Å². The molecule has 1 aliphatic rings. The molecule has 1 amide bonds. The summed E-state index contributed by atoms with van der Waals surface area (Å²) < 4.78 is 5.52. The molecule has 0 aromatic carbocycles. The van der Waals surface area contributed by atoms with E-state index in [9.17, 15) is 4.79 Å². The maximum absolute atomic E-state index is 12.3. The van der Waals surface area contributed by atoms with Gasteiger partial charge in [-0.2, -0.15) is 0 Å². The molecule has 0 aliphatic carbocycles. The highest BCUT2D eigenvalue weighted by molar-refractivity contribution is 5.82. The number of carbonyl (C=O) groups is 1. The van der Waals surface area contributed by atoms with Gasteiger partial charge in [0.15, 0.2) is 0 Å². The Morgan fingerprint density at radius 1 is 1.45 bits per heavy atom. The molecule has 0 aromatic heterocycles. The molecule has 4 heteroatoms. The number of carbonyl (C=O) groups excluding carboxylic acids is 1. The van der Waals surface area contributed by atoms with E-state index in [0.29, 0.717) is 18.4 Å². The molecule has 0 spiro atoms. The first-order valence-corrected chi connectivity index (χ1v) is 8.01. The van der Waals surface area contributed by atoms with E-state index in [4.69, 9.17) is 4.74 Å². The molecule has 2 N–H and O–H groups in total. The fraction of sp³-hybridized carbons (Fsp3) is 0.938. The molecular weight excluding hydrogens is 252 g/mol. The molecule has 1 heterocycles. The van der Waals surface area contributed by atoms with Gasteiger partial charge >= 0.3 is 0 Å². The molecule has 0 aromatic rings. The highest BCUT2D eigenvalue weighted by atomic mass is 16.5. The normalized spacial score (nSPS) is 20.1. The lowest BCUT2D eigenvalue weighted by Gasteiger charge is -2.36. The Balaban J connectivity index is 2.20. The minimum absolute atomic E-state index is 0.176. The monoisotopic (exact) mass is 284 g/mol. The molecular formula is C16H32N2O2. The van der Waals surface area contributed by atoms with Crippen molar-refractivity contribution in [2.45, 2.75) is 47.0 Å². The van der Waals surface area contributed by atoms with Crippen LogP contribution in [0.2, 0.25) is 0 Å². The Kier molecular flexibility index (Phi) is 7.52. The van der Waals surface area contributed by atoms with Gasteiger partial charge < -0.3 is 15.4 Å². The number of hydrogen-bond acceptors (Lipinski definition) is 3. The van der Waals surface area contributed by atoms with Crippen molar-refractivity contribution < 1.29 is 9.53 Å². The van der Waals surface area contributed by atoms with Gasteiger partial charge in [0.2, 0.25) is 5.91 Å². The van der Waals surface area contributed by atoms with Gasteiger partial charge in [-0.25, -0.2) is 0 Å². The number of rotatable bonds is 8. The number of amides is 1. The number of ether oxygens (including phenoxy) is 1. The van der Waals surface area contributed by atoms with E-state index in [1.54, 1.807) is 0 Å². The van der Waals surface area contributed by atoms with Crippen LogP contribution in [0.25, 0.3) is 0 Å². The molecule has 1 unspecified atom stereocenters. The summed E-state index contributed by atoms with van der Waals surface area (Å²) in [5, 5.41) is 6.45. The molecule has 0 saturated carbocycles. The average Bonchev–Trinajstić information content (AvgIpc) is 2.43. The van der Waals surface area contributed by atoms with Crippen molar-refractivity contribution in [3.05, 3.63) is 0 Å². The van der Waals surface area contributed by atoms with Gasteiger partial charge in [0.05, 0.1) is 0 Å². The van der Waals surface area contributed by atoms with Crippen LogP contribution >= 0.6 is 0 Å². The second kappa shape index (κ2) is 8.63. The van der Waals surface area contributed by atoms with Gasteiger partial charge in [-0.05, 0) is 44.2 Å². The third-order valence-corrected chi connectivity index (χ3v) is 4.10. The smallest absolute Gasteiger partial charge is 0.225 e. The van der Waals surface area contributed by atoms with Crippen molar-refractivity contribution in [3.8, 4) is 0 Å². The van der Waals surface area contributed by atoms with Crippen LogP contribution in [0, 0.1) is 17.3 Å². The summed E-state index contributed by atoms with van der Waals surface area (Å²) in [4.78, 5) is 12.3. The van der Waals surface area contributed by atoms with Crippen LogP contribution in [0.1, 0.15) is 47.0 Å². The molecule has 118 valence electrons. The van der Waals surface area contributed by atoms with Crippen molar-refractivity contribution in [2.75, 3.05) is 32.8 Å². The summed E-state index contributed by atoms with van der Waals surface area (Å²) in [6.45, 7) is 12.7. The zero-order valence-corrected chi connectivity index (χ0v) is 13.6. The van der Waals surface area contributed by atoms with Gasteiger partial charge in [0, 0.05) is 25.2 Å². The van der Waals surface area contributed by atoms with Gasteiger partial charge in [-0.3, -0.25) is 4.79 Å². The average molecular weight is 284 g/mol. The zero-order valence-electron chi connectivity index (χ0n) is 13.6. The summed E-state index contributed by atoms with van der Waals surface area (Å²) in [6.07, 6.45) is 3.20. The number of hydrogen-bond donors (Lipinski definition) is 2. The summed E-state index contributed by atoms with van der Waals surface area (Å²) >= 11 is 0. The molecule has 0 bridgehead atoms. The third kappa shape index (κ3) is 5.80. The van der Waals surface area contributed by atoms with Gasteiger partial charge in [0.1, 0.15) is 0 Å². The van der Waals surface area contributed by atoms with E-state index in [1.165, 1.54) is 6.42 Å². The Morgan fingerprint density at radius 3 is 2.80 bits per heavy atom. The van der Waals surface area contributed by atoms with Crippen LogP contribution in [0.3, 0.4) is 0 Å². The Bertz CT molecular complexity index is 284. The third-order valence-electron chi connectivity index (χ3n) is 4.10. The standard InChI is InChI=1S/C16H32N2O2/c1-13(2)12-20-10-6-9-18-15(19)16(3,4)14-7-5-8-17-11-14/h13-14,17H,5-12H2,1-4H3,(H,18,19). The molecule has 20 heavy (non-hydrogen) atoms. The van der Waals surface area contributed by atoms with Crippen LogP contribution in [-0.2, 0) is 9.53 Å². The first-order chi connectivity index (χ1) is 9.44.